The molecule has 2 aromatic carbocycles. The first kappa shape index (κ1) is 13.7. The van der Waals surface area contributed by atoms with Crippen molar-refractivity contribution in [2.45, 2.75) is 4.90 Å². The fourth-order valence-corrected chi connectivity index (χ4v) is 2.95. The van der Waals surface area contributed by atoms with E-state index in [4.69, 9.17) is 11.6 Å². The van der Waals surface area contributed by atoms with Gasteiger partial charge >= 0.3 is 0 Å². The highest BCUT2D eigenvalue weighted by molar-refractivity contribution is 9.10. The van der Waals surface area contributed by atoms with Gasteiger partial charge in [0.05, 0.1) is 5.75 Å². The van der Waals surface area contributed by atoms with Crippen LogP contribution in [0.3, 0.4) is 0 Å². The predicted molar refractivity (Wildman–Crippen MR) is 80.6 cm³/mol. The number of thioether (sulfide) groups is 1. The van der Waals surface area contributed by atoms with Gasteiger partial charge in [-0.3, -0.25) is 4.79 Å². The van der Waals surface area contributed by atoms with Crippen LogP contribution in [0.4, 0.5) is 0 Å². The van der Waals surface area contributed by atoms with Crippen LogP contribution in [0.15, 0.2) is 57.9 Å². The maximum Gasteiger partial charge on any atom is 0.173 e. The summed E-state index contributed by atoms with van der Waals surface area (Å²) in [4.78, 5) is 13.0. The van der Waals surface area contributed by atoms with Crippen molar-refractivity contribution < 1.29 is 4.79 Å². The van der Waals surface area contributed by atoms with E-state index in [-0.39, 0.29) is 5.78 Å². The summed E-state index contributed by atoms with van der Waals surface area (Å²) in [6.45, 7) is 0. The van der Waals surface area contributed by atoms with E-state index in [1.807, 2.05) is 24.3 Å². The molecule has 92 valence electrons. The van der Waals surface area contributed by atoms with Gasteiger partial charge in [-0.2, -0.15) is 0 Å². The van der Waals surface area contributed by atoms with Crippen LogP contribution in [0.25, 0.3) is 0 Å². The standard InChI is InChI=1S/C14H10BrClOS/c15-11-2-1-3-13(8-11)18-9-14(17)10-4-6-12(16)7-5-10/h1-8H,9H2. The van der Waals surface area contributed by atoms with Crippen LogP contribution in [0.5, 0.6) is 0 Å². The van der Waals surface area contributed by atoms with Gasteiger partial charge in [-0.25, -0.2) is 0 Å². The van der Waals surface area contributed by atoms with Gasteiger partial charge in [0.25, 0.3) is 0 Å². The molecule has 0 radical (unpaired) electrons. The number of carbonyl (C=O) groups excluding carboxylic acids is 1. The largest absolute Gasteiger partial charge is 0.293 e. The normalized spacial score (nSPS) is 10.3. The van der Waals surface area contributed by atoms with E-state index < -0.39 is 0 Å². The SMILES string of the molecule is O=C(CSc1cccc(Br)c1)c1ccc(Cl)cc1. The summed E-state index contributed by atoms with van der Waals surface area (Å²) in [5.41, 5.74) is 0.696. The van der Waals surface area contributed by atoms with E-state index in [0.717, 1.165) is 9.37 Å². The van der Waals surface area contributed by atoms with Gasteiger partial charge in [-0.1, -0.05) is 33.6 Å². The Bertz CT molecular complexity index is 554. The summed E-state index contributed by atoms with van der Waals surface area (Å²) in [6.07, 6.45) is 0. The Balaban J connectivity index is 1.98. The van der Waals surface area contributed by atoms with Crippen molar-refractivity contribution in [2.75, 3.05) is 5.75 Å². The molecule has 0 N–H and O–H groups in total. The average molecular weight is 342 g/mol. The summed E-state index contributed by atoms with van der Waals surface area (Å²) >= 11 is 10.7. The van der Waals surface area contributed by atoms with Crippen LogP contribution in [-0.4, -0.2) is 11.5 Å². The van der Waals surface area contributed by atoms with Crippen molar-refractivity contribution in [2.24, 2.45) is 0 Å². The number of hydrogen-bond donors (Lipinski definition) is 0. The van der Waals surface area contributed by atoms with Gasteiger partial charge in [-0.15, -0.1) is 11.8 Å². The Morgan fingerprint density at radius 2 is 1.89 bits per heavy atom. The third kappa shape index (κ3) is 3.87. The molecule has 2 aromatic rings. The Hall–Kier alpha value is -0.770. The molecule has 1 nitrogen and oxygen atoms in total. The van der Waals surface area contributed by atoms with Gasteiger partial charge in [-0.05, 0) is 42.5 Å². The van der Waals surface area contributed by atoms with E-state index in [0.29, 0.717) is 16.3 Å². The summed E-state index contributed by atoms with van der Waals surface area (Å²) in [5, 5.41) is 0.645. The van der Waals surface area contributed by atoms with Crippen LogP contribution >= 0.6 is 39.3 Å². The minimum Gasteiger partial charge on any atom is -0.293 e. The molecule has 0 aliphatic carbocycles. The van der Waals surface area contributed by atoms with E-state index >= 15 is 0 Å². The number of halogens is 2. The molecule has 0 amide bonds. The van der Waals surface area contributed by atoms with Crippen molar-refractivity contribution in [1.82, 2.24) is 0 Å². The van der Waals surface area contributed by atoms with E-state index in [9.17, 15) is 4.79 Å². The Kier molecular flexibility index (Phi) is 4.87. The van der Waals surface area contributed by atoms with Crippen molar-refractivity contribution in [3.8, 4) is 0 Å². The second-order valence-corrected chi connectivity index (χ2v) is 6.08. The lowest BCUT2D eigenvalue weighted by molar-refractivity contribution is 0.102. The maximum atomic E-state index is 11.9. The third-order valence-corrected chi connectivity index (χ3v) is 4.07. The molecular weight excluding hydrogens is 332 g/mol. The van der Waals surface area contributed by atoms with Gasteiger partial charge in [0.1, 0.15) is 0 Å². The number of carbonyl (C=O) groups is 1. The topological polar surface area (TPSA) is 17.1 Å². The lowest BCUT2D eigenvalue weighted by Gasteiger charge is -2.02. The first-order valence-electron chi connectivity index (χ1n) is 5.32. The molecule has 0 atom stereocenters. The van der Waals surface area contributed by atoms with Crippen molar-refractivity contribution in [3.63, 3.8) is 0 Å². The van der Waals surface area contributed by atoms with E-state index in [1.54, 1.807) is 24.3 Å². The zero-order valence-electron chi connectivity index (χ0n) is 9.40. The van der Waals surface area contributed by atoms with Crippen LogP contribution in [0, 0.1) is 0 Å². The average Bonchev–Trinajstić information content (AvgIpc) is 2.37. The zero-order chi connectivity index (χ0) is 13.0. The second-order valence-electron chi connectivity index (χ2n) is 3.68. The number of ketones is 1. The van der Waals surface area contributed by atoms with Gasteiger partial charge < -0.3 is 0 Å². The molecule has 2 rings (SSSR count). The Morgan fingerprint density at radius 3 is 2.56 bits per heavy atom. The molecule has 0 aliphatic heterocycles. The molecule has 0 saturated heterocycles. The van der Waals surface area contributed by atoms with Crippen molar-refractivity contribution in [1.29, 1.82) is 0 Å². The Morgan fingerprint density at radius 1 is 1.17 bits per heavy atom. The predicted octanol–water partition coefficient (Wildman–Crippen LogP) is 5.08. The molecular formula is C14H10BrClOS. The smallest absolute Gasteiger partial charge is 0.173 e. The molecule has 0 bridgehead atoms. The molecule has 18 heavy (non-hydrogen) atoms. The molecule has 0 aromatic heterocycles. The highest BCUT2D eigenvalue weighted by Crippen LogP contribution is 2.23. The van der Waals surface area contributed by atoms with Crippen molar-refractivity contribution >= 4 is 45.1 Å². The monoisotopic (exact) mass is 340 g/mol. The molecule has 0 unspecified atom stereocenters. The van der Waals surface area contributed by atoms with Gasteiger partial charge in [0, 0.05) is 20.0 Å². The number of rotatable bonds is 4. The maximum absolute atomic E-state index is 11.9. The summed E-state index contributed by atoms with van der Waals surface area (Å²) < 4.78 is 1.02. The number of benzene rings is 2. The first-order valence-corrected chi connectivity index (χ1v) is 7.48. The van der Waals surface area contributed by atoms with E-state index in [1.165, 1.54) is 11.8 Å². The zero-order valence-corrected chi connectivity index (χ0v) is 12.6. The van der Waals surface area contributed by atoms with Crippen LogP contribution in [-0.2, 0) is 0 Å². The Labute approximate surface area is 124 Å². The minimum atomic E-state index is 0.108. The summed E-state index contributed by atoms with van der Waals surface area (Å²) in [6, 6.07) is 14.9. The highest BCUT2D eigenvalue weighted by Gasteiger charge is 2.06. The van der Waals surface area contributed by atoms with E-state index in [2.05, 4.69) is 15.9 Å². The van der Waals surface area contributed by atoms with Crippen LogP contribution < -0.4 is 0 Å². The fraction of sp³-hybridized carbons (Fsp3) is 0.0714. The lowest BCUT2D eigenvalue weighted by Crippen LogP contribution is -2.01. The van der Waals surface area contributed by atoms with Gasteiger partial charge in [0.15, 0.2) is 5.78 Å². The molecule has 0 heterocycles. The number of hydrogen-bond acceptors (Lipinski definition) is 2. The summed E-state index contributed by atoms with van der Waals surface area (Å²) in [7, 11) is 0. The minimum absolute atomic E-state index is 0.108. The quantitative estimate of drug-likeness (QED) is 0.570. The van der Waals surface area contributed by atoms with Crippen LogP contribution in [0.1, 0.15) is 10.4 Å². The highest BCUT2D eigenvalue weighted by atomic mass is 79.9. The molecule has 0 saturated carbocycles. The van der Waals surface area contributed by atoms with Gasteiger partial charge in [0.2, 0.25) is 0 Å². The second kappa shape index (κ2) is 6.41. The first-order chi connectivity index (χ1) is 8.65. The third-order valence-electron chi connectivity index (χ3n) is 2.33. The molecule has 4 heteroatoms. The molecule has 0 aliphatic rings. The fourth-order valence-electron chi connectivity index (χ4n) is 1.42. The molecule has 0 spiro atoms. The number of Topliss-reactive ketones (excluding diaryl/α,β-unsaturated/α-hetero) is 1. The lowest BCUT2D eigenvalue weighted by atomic mass is 10.1. The van der Waals surface area contributed by atoms with Crippen molar-refractivity contribution in [3.05, 3.63) is 63.6 Å². The molecule has 0 fully saturated rings. The van der Waals surface area contributed by atoms with Crippen LogP contribution in [0.2, 0.25) is 5.02 Å². The summed E-state index contributed by atoms with van der Waals surface area (Å²) in [5.74, 6) is 0.537.